The number of hydrogen-bond acceptors (Lipinski definition) is 2. The second kappa shape index (κ2) is 2.61. The molecule has 0 aromatic heterocycles. The third-order valence-corrected chi connectivity index (χ3v) is 3.63. The molecule has 0 fully saturated rings. The van der Waals surface area contributed by atoms with E-state index in [1.807, 2.05) is 0 Å². The van der Waals surface area contributed by atoms with Crippen LogP contribution in [0.3, 0.4) is 0 Å². The monoisotopic (exact) mass is 191 g/mol. The number of benzene rings is 1. The molecule has 0 heterocycles. The fraction of sp³-hybridized carbons (Fsp3) is 0.364. The first-order valence-corrected chi connectivity index (χ1v) is 4.87. The van der Waals surface area contributed by atoms with Gasteiger partial charge in [-0.25, -0.2) is 0 Å². The molecule has 2 bridgehead atoms. The number of rotatable bonds is 1. The molecule has 2 aliphatic carbocycles. The average molecular weight is 191 g/mol. The lowest BCUT2D eigenvalue weighted by atomic mass is 9.71. The quantitative estimate of drug-likeness (QED) is 0.504. The molecule has 1 nitrogen and oxygen atoms in total. The molecule has 2 heteroatoms. The maximum absolute atomic E-state index is 7.46. The van der Waals surface area contributed by atoms with E-state index in [0.29, 0.717) is 0 Å². The molecular weight excluding hydrogens is 178 g/mol. The van der Waals surface area contributed by atoms with Gasteiger partial charge in [-0.2, -0.15) is 0 Å². The van der Waals surface area contributed by atoms with E-state index in [2.05, 4.69) is 38.6 Å². The molecule has 1 aromatic rings. The van der Waals surface area contributed by atoms with Crippen molar-refractivity contribution in [3.8, 4) is 0 Å². The van der Waals surface area contributed by atoms with Crippen LogP contribution in [0.1, 0.15) is 23.6 Å². The van der Waals surface area contributed by atoms with Crippen molar-refractivity contribution < 1.29 is 0 Å². The van der Waals surface area contributed by atoms with Crippen LogP contribution in [-0.2, 0) is 11.8 Å². The fourth-order valence-electron chi connectivity index (χ4n) is 2.14. The van der Waals surface area contributed by atoms with Gasteiger partial charge in [0.2, 0.25) is 0 Å². The van der Waals surface area contributed by atoms with Crippen LogP contribution >= 0.6 is 12.6 Å². The summed E-state index contributed by atoms with van der Waals surface area (Å²) in [7, 11) is 0. The maximum atomic E-state index is 7.46. The molecule has 68 valence electrons. The predicted molar refractivity (Wildman–Crippen MR) is 58.3 cm³/mol. The topological polar surface area (TPSA) is 23.9 Å². The molecule has 3 rings (SSSR count). The van der Waals surface area contributed by atoms with Gasteiger partial charge in [0, 0.05) is 16.5 Å². The Morgan fingerprint density at radius 2 is 2.23 bits per heavy atom. The third kappa shape index (κ3) is 1.05. The Bertz CT molecular complexity index is 384. The molecule has 0 radical (unpaired) electrons. The van der Waals surface area contributed by atoms with E-state index in [9.17, 15) is 0 Å². The van der Waals surface area contributed by atoms with Crippen LogP contribution in [-0.4, -0.2) is 6.21 Å². The molecule has 2 aliphatic rings. The molecule has 13 heavy (non-hydrogen) atoms. The summed E-state index contributed by atoms with van der Waals surface area (Å²) in [5, 5.41) is 7.46. The van der Waals surface area contributed by atoms with Gasteiger partial charge in [0.15, 0.2) is 0 Å². The summed E-state index contributed by atoms with van der Waals surface area (Å²) >= 11 is 4.47. The second-order valence-electron chi connectivity index (χ2n) is 3.98. The van der Waals surface area contributed by atoms with E-state index < -0.39 is 0 Å². The highest BCUT2D eigenvalue weighted by molar-refractivity contribution is 7.80. The SMILES string of the molecule is Cc1c2ccc(c1S)CC2(C)C=N. The number of thiol groups is 1. The van der Waals surface area contributed by atoms with Crippen molar-refractivity contribution in [2.75, 3.05) is 0 Å². The molecule has 1 aromatic carbocycles. The Balaban J connectivity index is 2.72. The van der Waals surface area contributed by atoms with Crippen molar-refractivity contribution in [1.82, 2.24) is 0 Å². The smallest absolute Gasteiger partial charge is 0.0314 e. The minimum Gasteiger partial charge on any atom is -0.312 e. The summed E-state index contributed by atoms with van der Waals surface area (Å²) in [6.45, 7) is 4.20. The summed E-state index contributed by atoms with van der Waals surface area (Å²) in [6.07, 6.45) is 2.48. The van der Waals surface area contributed by atoms with Gasteiger partial charge in [-0.05, 0) is 30.0 Å². The van der Waals surface area contributed by atoms with E-state index in [4.69, 9.17) is 5.41 Å². The first kappa shape index (κ1) is 8.82. The van der Waals surface area contributed by atoms with Crippen molar-refractivity contribution in [2.45, 2.75) is 30.6 Å². The number of hydrogen-bond donors (Lipinski definition) is 2. The summed E-state index contributed by atoms with van der Waals surface area (Å²) in [4.78, 5) is 1.11. The zero-order valence-corrected chi connectivity index (χ0v) is 8.78. The summed E-state index contributed by atoms with van der Waals surface area (Å²) in [5.41, 5.74) is 3.67. The fourth-order valence-corrected chi connectivity index (χ4v) is 2.41. The highest BCUT2D eigenvalue weighted by atomic mass is 32.1. The minimum absolute atomic E-state index is 0.0829. The molecule has 0 aliphatic heterocycles. The van der Waals surface area contributed by atoms with Gasteiger partial charge in [0.05, 0.1) is 0 Å². The zero-order chi connectivity index (χ0) is 9.64. The van der Waals surface area contributed by atoms with Crippen molar-refractivity contribution >= 4 is 18.8 Å². The molecule has 1 N–H and O–H groups in total. The summed E-state index contributed by atoms with van der Waals surface area (Å²) < 4.78 is 0. The molecular formula is C11H13NS. The van der Waals surface area contributed by atoms with E-state index in [1.54, 1.807) is 6.21 Å². The molecule has 1 atom stereocenters. The standard InChI is InChI=1S/C11H13NS/c1-7-9-4-3-8(10(7)13)5-11(9,2)6-12/h3-4,6,12-13H,5H2,1-2H3. The zero-order valence-electron chi connectivity index (χ0n) is 7.89. The predicted octanol–water partition coefficient (Wildman–Crippen LogP) is 2.75. The van der Waals surface area contributed by atoms with Crippen LogP contribution in [0.15, 0.2) is 17.0 Å². The molecule has 0 spiro atoms. The minimum atomic E-state index is -0.0829. The van der Waals surface area contributed by atoms with Gasteiger partial charge in [0.1, 0.15) is 0 Å². The molecule has 0 amide bonds. The highest BCUT2D eigenvalue weighted by Gasteiger charge is 2.32. The average Bonchev–Trinajstić information content (AvgIpc) is 2.13. The van der Waals surface area contributed by atoms with E-state index in [1.165, 1.54) is 16.7 Å². The van der Waals surface area contributed by atoms with Crippen LogP contribution in [0.4, 0.5) is 0 Å². The van der Waals surface area contributed by atoms with E-state index in [-0.39, 0.29) is 5.41 Å². The molecule has 0 saturated carbocycles. The highest BCUT2D eigenvalue weighted by Crippen LogP contribution is 2.39. The Labute approximate surface area is 84.1 Å². The number of fused-ring (bicyclic) bond motifs is 3. The molecule has 1 unspecified atom stereocenters. The second-order valence-corrected chi connectivity index (χ2v) is 4.43. The first-order chi connectivity index (χ1) is 6.08. The molecule has 0 saturated heterocycles. The van der Waals surface area contributed by atoms with Gasteiger partial charge in [-0.15, -0.1) is 12.6 Å². The van der Waals surface area contributed by atoms with Crippen molar-refractivity contribution in [3.63, 3.8) is 0 Å². The van der Waals surface area contributed by atoms with Crippen molar-refractivity contribution in [2.24, 2.45) is 0 Å². The lowest BCUT2D eigenvalue weighted by molar-refractivity contribution is 0.604. The largest absolute Gasteiger partial charge is 0.312 e. The maximum Gasteiger partial charge on any atom is 0.0314 e. The van der Waals surface area contributed by atoms with Crippen molar-refractivity contribution in [3.05, 3.63) is 28.8 Å². The number of nitrogens with one attached hydrogen (secondary N) is 1. The van der Waals surface area contributed by atoms with Gasteiger partial charge in [0.25, 0.3) is 0 Å². The van der Waals surface area contributed by atoms with Gasteiger partial charge < -0.3 is 5.41 Å². The van der Waals surface area contributed by atoms with Crippen LogP contribution in [0, 0.1) is 12.3 Å². The van der Waals surface area contributed by atoms with Crippen molar-refractivity contribution in [1.29, 1.82) is 5.41 Å². The Morgan fingerprint density at radius 1 is 1.54 bits per heavy atom. The summed E-state index contributed by atoms with van der Waals surface area (Å²) in [6, 6.07) is 4.24. The Kier molecular flexibility index (Phi) is 1.77. The van der Waals surface area contributed by atoms with E-state index >= 15 is 0 Å². The van der Waals surface area contributed by atoms with Gasteiger partial charge in [-0.3, -0.25) is 0 Å². The Morgan fingerprint density at radius 3 is 2.77 bits per heavy atom. The van der Waals surface area contributed by atoms with Crippen LogP contribution in [0.25, 0.3) is 0 Å². The van der Waals surface area contributed by atoms with Crippen LogP contribution in [0.5, 0.6) is 0 Å². The van der Waals surface area contributed by atoms with Crippen LogP contribution < -0.4 is 0 Å². The Hall–Kier alpha value is -0.760. The summed E-state index contributed by atoms with van der Waals surface area (Å²) in [5.74, 6) is 0. The lowest BCUT2D eigenvalue weighted by Crippen LogP contribution is -2.31. The van der Waals surface area contributed by atoms with Crippen LogP contribution in [0.2, 0.25) is 0 Å². The normalized spacial score (nSPS) is 24.8. The third-order valence-electron chi connectivity index (χ3n) is 3.01. The van der Waals surface area contributed by atoms with Gasteiger partial charge >= 0.3 is 0 Å². The van der Waals surface area contributed by atoms with Gasteiger partial charge in [-0.1, -0.05) is 19.1 Å². The first-order valence-electron chi connectivity index (χ1n) is 4.42. The lowest BCUT2D eigenvalue weighted by Gasteiger charge is -2.34. The van der Waals surface area contributed by atoms with E-state index in [0.717, 1.165) is 11.3 Å².